The summed E-state index contributed by atoms with van der Waals surface area (Å²) in [6, 6.07) is 0. The second-order valence-corrected chi connectivity index (χ2v) is 3.38. The molecule has 0 radical (unpaired) electrons. The molecule has 2 fully saturated rings. The van der Waals surface area contributed by atoms with E-state index in [0.717, 1.165) is 25.0 Å². The normalized spacial score (nSPS) is 43.5. The Morgan fingerprint density at radius 1 is 1.50 bits per heavy atom. The molecule has 0 aromatic carbocycles. The van der Waals surface area contributed by atoms with Gasteiger partial charge < -0.3 is 10.5 Å². The van der Waals surface area contributed by atoms with Gasteiger partial charge in [0.05, 0.1) is 6.10 Å². The summed E-state index contributed by atoms with van der Waals surface area (Å²) >= 11 is 0. The minimum Gasteiger partial charge on any atom is -0.378 e. The molecular formula is C8H15NO. The van der Waals surface area contributed by atoms with Gasteiger partial charge in [-0.3, -0.25) is 0 Å². The van der Waals surface area contributed by atoms with Crippen LogP contribution < -0.4 is 5.73 Å². The van der Waals surface area contributed by atoms with Crippen LogP contribution in [0.5, 0.6) is 0 Å². The SMILES string of the molecule is NCCCC1C2CCOC12. The molecule has 2 heteroatoms. The zero-order valence-corrected chi connectivity index (χ0v) is 6.25. The molecule has 0 spiro atoms. The molecule has 10 heavy (non-hydrogen) atoms. The Kier molecular flexibility index (Phi) is 1.66. The van der Waals surface area contributed by atoms with Gasteiger partial charge in [-0.05, 0) is 37.6 Å². The monoisotopic (exact) mass is 141 g/mol. The maximum atomic E-state index is 5.50. The van der Waals surface area contributed by atoms with E-state index in [1.807, 2.05) is 0 Å². The number of nitrogens with two attached hydrogens (primary N) is 1. The third-order valence-corrected chi connectivity index (χ3v) is 2.76. The van der Waals surface area contributed by atoms with E-state index < -0.39 is 0 Å². The van der Waals surface area contributed by atoms with Gasteiger partial charge >= 0.3 is 0 Å². The molecule has 58 valence electrons. The highest BCUT2D eigenvalue weighted by molar-refractivity contribution is 5.01. The van der Waals surface area contributed by atoms with E-state index in [1.165, 1.54) is 19.3 Å². The van der Waals surface area contributed by atoms with Crippen LogP contribution in [0.2, 0.25) is 0 Å². The van der Waals surface area contributed by atoms with Gasteiger partial charge in [0.15, 0.2) is 0 Å². The van der Waals surface area contributed by atoms with Crippen LogP contribution in [0.15, 0.2) is 0 Å². The maximum Gasteiger partial charge on any atom is 0.0639 e. The van der Waals surface area contributed by atoms with E-state index in [0.29, 0.717) is 6.10 Å². The number of rotatable bonds is 3. The van der Waals surface area contributed by atoms with E-state index in [4.69, 9.17) is 10.5 Å². The molecule has 2 N–H and O–H groups in total. The number of hydrogen-bond donors (Lipinski definition) is 1. The summed E-state index contributed by atoms with van der Waals surface area (Å²) in [6.45, 7) is 1.85. The topological polar surface area (TPSA) is 35.2 Å². The molecule has 1 saturated heterocycles. The maximum absolute atomic E-state index is 5.50. The average Bonchev–Trinajstić information content (AvgIpc) is 2.46. The third-order valence-electron chi connectivity index (χ3n) is 2.76. The fourth-order valence-corrected chi connectivity index (χ4v) is 2.11. The van der Waals surface area contributed by atoms with E-state index >= 15 is 0 Å². The Balaban J connectivity index is 1.69. The van der Waals surface area contributed by atoms with Gasteiger partial charge in [0.2, 0.25) is 0 Å². The Labute approximate surface area is 61.7 Å². The Morgan fingerprint density at radius 3 is 3.00 bits per heavy atom. The Morgan fingerprint density at radius 2 is 2.40 bits per heavy atom. The molecule has 2 nitrogen and oxygen atoms in total. The fourth-order valence-electron chi connectivity index (χ4n) is 2.11. The molecule has 1 heterocycles. The Hall–Kier alpha value is -0.0800. The summed E-state index contributed by atoms with van der Waals surface area (Å²) in [5, 5.41) is 0. The van der Waals surface area contributed by atoms with Crippen LogP contribution in [-0.4, -0.2) is 19.3 Å². The van der Waals surface area contributed by atoms with Crippen molar-refractivity contribution in [1.82, 2.24) is 0 Å². The fraction of sp³-hybridized carbons (Fsp3) is 1.00. The molecule has 0 aromatic rings. The first-order valence-corrected chi connectivity index (χ1v) is 4.25. The first-order chi connectivity index (χ1) is 4.93. The van der Waals surface area contributed by atoms with Crippen molar-refractivity contribution >= 4 is 0 Å². The molecular weight excluding hydrogens is 126 g/mol. The van der Waals surface area contributed by atoms with Crippen molar-refractivity contribution in [3.05, 3.63) is 0 Å². The highest BCUT2D eigenvalue weighted by Crippen LogP contribution is 2.51. The zero-order valence-electron chi connectivity index (χ0n) is 6.25. The highest BCUT2D eigenvalue weighted by Gasteiger charge is 2.53. The molecule has 1 aliphatic heterocycles. The molecule has 3 unspecified atom stereocenters. The van der Waals surface area contributed by atoms with Crippen molar-refractivity contribution in [2.75, 3.05) is 13.2 Å². The Bertz CT molecular complexity index is 116. The van der Waals surface area contributed by atoms with Gasteiger partial charge in [-0.25, -0.2) is 0 Å². The molecule has 0 aromatic heterocycles. The van der Waals surface area contributed by atoms with Crippen molar-refractivity contribution in [2.45, 2.75) is 25.4 Å². The summed E-state index contributed by atoms with van der Waals surface area (Å²) in [6.07, 6.45) is 4.43. The van der Waals surface area contributed by atoms with E-state index in [2.05, 4.69) is 0 Å². The minimum atomic E-state index is 0.645. The predicted molar refractivity (Wildman–Crippen MR) is 39.6 cm³/mol. The quantitative estimate of drug-likeness (QED) is 0.629. The second-order valence-electron chi connectivity index (χ2n) is 3.38. The standard InChI is InChI=1S/C8H15NO/c9-4-1-2-6-7-3-5-10-8(6)7/h6-8H,1-5,9H2. The average molecular weight is 141 g/mol. The van der Waals surface area contributed by atoms with E-state index in [1.54, 1.807) is 0 Å². The summed E-state index contributed by atoms with van der Waals surface area (Å²) < 4.78 is 5.50. The van der Waals surface area contributed by atoms with Crippen LogP contribution in [0.4, 0.5) is 0 Å². The van der Waals surface area contributed by atoms with Gasteiger partial charge in [-0.1, -0.05) is 0 Å². The van der Waals surface area contributed by atoms with Crippen LogP contribution >= 0.6 is 0 Å². The van der Waals surface area contributed by atoms with Gasteiger partial charge in [0, 0.05) is 6.61 Å². The summed E-state index contributed by atoms with van der Waals surface area (Å²) in [7, 11) is 0. The lowest BCUT2D eigenvalue weighted by atomic mass is 10.1. The highest BCUT2D eigenvalue weighted by atomic mass is 16.5. The molecule has 1 saturated carbocycles. The summed E-state index contributed by atoms with van der Waals surface area (Å²) in [5.41, 5.74) is 5.41. The lowest BCUT2D eigenvalue weighted by Crippen LogP contribution is -2.02. The third kappa shape index (κ3) is 0.956. The van der Waals surface area contributed by atoms with Gasteiger partial charge in [-0.2, -0.15) is 0 Å². The van der Waals surface area contributed by atoms with Crippen LogP contribution in [0.25, 0.3) is 0 Å². The largest absolute Gasteiger partial charge is 0.378 e. The van der Waals surface area contributed by atoms with Crippen molar-refractivity contribution in [2.24, 2.45) is 17.6 Å². The van der Waals surface area contributed by atoms with Crippen molar-refractivity contribution in [3.8, 4) is 0 Å². The molecule has 0 amide bonds. The van der Waals surface area contributed by atoms with Crippen LogP contribution in [-0.2, 0) is 4.74 Å². The predicted octanol–water partition coefficient (Wildman–Crippen LogP) is 0.760. The van der Waals surface area contributed by atoms with Gasteiger partial charge in [-0.15, -0.1) is 0 Å². The van der Waals surface area contributed by atoms with E-state index in [-0.39, 0.29) is 0 Å². The minimum absolute atomic E-state index is 0.645. The first-order valence-electron chi connectivity index (χ1n) is 4.25. The molecule has 2 aliphatic rings. The van der Waals surface area contributed by atoms with Crippen LogP contribution in [0.3, 0.4) is 0 Å². The number of fused-ring (bicyclic) bond motifs is 1. The molecule has 0 bridgehead atoms. The zero-order chi connectivity index (χ0) is 6.97. The molecule has 3 atom stereocenters. The second kappa shape index (κ2) is 2.51. The number of ether oxygens (including phenoxy) is 1. The van der Waals surface area contributed by atoms with Crippen LogP contribution in [0.1, 0.15) is 19.3 Å². The smallest absolute Gasteiger partial charge is 0.0639 e. The van der Waals surface area contributed by atoms with Gasteiger partial charge in [0.25, 0.3) is 0 Å². The lowest BCUT2D eigenvalue weighted by molar-refractivity contribution is 0.136. The molecule has 1 aliphatic carbocycles. The first kappa shape index (κ1) is 6.62. The van der Waals surface area contributed by atoms with Crippen molar-refractivity contribution < 1.29 is 4.74 Å². The van der Waals surface area contributed by atoms with Gasteiger partial charge in [0.1, 0.15) is 0 Å². The number of hydrogen-bond acceptors (Lipinski definition) is 2. The van der Waals surface area contributed by atoms with E-state index in [9.17, 15) is 0 Å². The molecule has 2 rings (SSSR count). The lowest BCUT2D eigenvalue weighted by Gasteiger charge is -2.00. The summed E-state index contributed by atoms with van der Waals surface area (Å²) in [4.78, 5) is 0. The summed E-state index contributed by atoms with van der Waals surface area (Å²) in [5.74, 6) is 1.81. The van der Waals surface area contributed by atoms with Crippen LogP contribution in [0, 0.1) is 11.8 Å². The van der Waals surface area contributed by atoms with Crippen molar-refractivity contribution in [1.29, 1.82) is 0 Å². The van der Waals surface area contributed by atoms with Crippen molar-refractivity contribution in [3.63, 3.8) is 0 Å².